The van der Waals surface area contributed by atoms with Gasteiger partial charge in [-0.15, -0.1) is 0 Å². The van der Waals surface area contributed by atoms with Crippen LogP contribution in [0, 0.1) is 0 Å². The summed E-state index contributed by atoms with van der Waals surface area (Å²) in [5, 5.41) is 3.01. The quantitative estimate of drug-likeness (QED) is 0.799. The number of nitrogens with zero attached hydrogens (tertiary/aromatic N) is 3. The van der Waals surface area contributed by atoms with Crippen molar-refractivity contribution in [1.29, 1.82) is 0 Å². The zero-order valence-electron chi connectivity index (χ0n) is 11.0. The molecule has 100 valence electrons. The summed E-state index contributed by atoms with van der Waals surface area (Å²) in [6.07, 6.45) is 1.74. The summed E-state index contributed by atoms with van der Waals surface area (Å²) in [6.45, 7) is 4.99. The maximum Gasteiger partial charge on any atom is 0.239 e. The van der Waals surface area contributed by atoms with Crippen LogP contribution in [0.2, 0.25) is 5.15 Å². The van der Waals surface area contributed by atoms with E-state index in [-0.39, 0.29) is 12.5 Å². The number of aryl methyl sites for hydroxylation is 1. The van der Waals surface area contributed by atoms with E-state index >= 15 is 0 Å². The Hall–Kier alpha value is -1.36. The number of amides is 1. The smallest absolute Gasteiger partial charge is 0.239 e. The van der Waals surface area contributed by atoms with Crippen molar-refractivity contribution in [2.75, 3.05) is 25.0 Å². The zero-order valence-corrected chi connectivity index (χ0v) is 11.8. The second-order valence-corrected chi connectivity index (χ2v) is 4.29. The number of aromatic nitrogens is 2. The van der Waals surface area contributed by atoms with Crippen molar-refractivity contribution in [3.63, 3.8) is 0 Å². The first kappa shape index (κ1) is 14.7. The Morgan fingerprint density at radius 3 is 2.72 bits per heavy atom. The molecule has 1 N–H and O–H groups in total. The van der Waals surface area contributed by atoms with Crippen LogP contribution in [0.3, 0.4) is 0 Å². The first-order chi connectivity index (χ1) is 8.60. The van der Waals surface area contributed by atoms with Crippen LogP contribution in [-0.4, -0.2) is 36.0 Å². The van der Waals surface area contributed by atoms with Gasteiger partial charge in [0.05, 0.1) is 6.54 Å². The van der Waals surface area contributed by atoms with Gasteiger partial charge in [0, 0.05) is 26.1 Å². The Kier molecular flexibility index (Phi) is 5.85. The van der Waals surface area contributed by atoms with Crippen LogP contribution in [0.5, 0.6) is 0 Å². The molecule has 1 aromatic heterocycles. The van der Waals surface area contributed by atoms with Crippen molar-refractivity contribution in [2.45, 2.75) is 26.7 Å². The summed E-state index contributed by atoms with van der Waals surface area (Å²) < 4.78 is 0. The average molecular weight is 271 g/mol. The number of carbonyl (C=O) groups is 1. The first-order valence-corrected chi connectivity index (χ1v) is 6.47. The van der Waals surface area contributed by atoms with Gasteiger partial charge in [-0.25, -0.2) is 9.97 Å². The highest BCUT2D eigenvalue weighted by molar-refractivity contribution is 6.29. The summed E-state index contributed by atoms with van der Waals surface area (Å²) in [7, 11) is 1.62. The Bertz CT molecular complexity index is 411. The Morgan fingerprint density at radius 2 is 2.17 bits per heavy atom. The molecule has 0 saturated heterocycles. The molecule has 0 radical (unpaired) electrons. The molecule has 0 unspecified atom stereocenters. The third-order valence-electron chi connectivity index (χ3n) is 2.52. The van der Waals surface area contributed by atoms with Crippen molar-refractivity contribution in [3.8, 4) is 0 Å². The third-order valence-corrected chi connectivity index (χ3v) is 2.71. The highest BCUT2D eigenvalue weighted by Crippen LogP contribution is 2.16. The summed E-state index contributed by atoms with van der Waals surface area (Å²) in [5.74, 6) is 1.36. The van der Waals surface area contributed by atoms with Crippen LogP contribution in [0.15, 0.2) is 6.07 Å². The minimum absolute atomic E-state index is 0.0522. The van der Waals surface area contributed by atoms with Gasteiger partial charge in [0.15, 0.2) is 0 Å². The minimum Gasteiger partial charge on any atom is -0.358 e. The highest BCUT2D eigenvalue weighted by atomic mass is 35.5. The van der Waals surface area contributed by atoms with E-state index in [2.05, 4.69) is 22.2 Å². The lowest BCUT2D eigenvalue weighted by molar-refractivity contribution is -0.119. The van der Waals surface area contributed by atoms with Gasteiger partial charge in [-0.05, 0) is 13.3 Å². The van der Waals surface area contributed by atoms with Crippen LogP contribution < -0.4 is 10.2 Å². The normalized spacial score (nSPS) is 10.2. The number of likely N-dealkylation sites (N-methyl/N-ethyl adjacent to an activating group) is 2. The number of rotatable bonds is 6. The Labute approximate surface area is 113 Å². The van der Waals surface area contributed by atoms with Crippen molar-refractivity contribution in [3.05, 3.63) is 17.0 Å². The van der Waals surface area contributed by atoms with Gasteiger partial charge >= 0.3 is 0 Å². The summed E-state index contributed by atoms with van der Waals surface area (Å²) in [4.78, 5) is 21.9. The van der Waals surface area contributed by atoms with E-state index in [0.29, 0.717) is 17.5 Å². The molecule has 0 saturated carbocycles. The van der Waals surface area contributed by atoms with Gasteiger partial charge in [0.1, 0.15) is 16.8 Å². The van der Waals surface area contributed by atoms with Gasteiger partial charge in [-0.1, -0.05) is 18.5 Å². The average Bonchev–Trinajstić information content (AvgIpc) is 2.35. The lowest BCUT2D eigenvalue weighted by Crippen LogP contribution is -2.36. The summed E-state index contributed by atoms with van der Waals surface area (Å²) in [5.41, 5.74) is 0. The monoisotopic (exact) mass is 270 g/mol. The third kappa shape index (κ3) is 4.14. The van der Waals surface area contributed by atoms with E-state index in [4.69, 9.17) is 11.6 Å². The molecule has 1 aromatic rings. The molecule has 0 aliphatic rings. The van der Waals surface area contributed by atoms with Crippen LogP contribution in [0.1, 0.15) is 26.1 Å². The lowest BCUT2D eigenvalue weighted by Gasteiger charge is -2.21. The van der Waals surface area contributed by atoms with Crippen molar-refractivity contribution in [1.82, 2.24) is 15.3 Å². The summed E-state index contributed by atoms with van der Waals surface area (Å²) in [6, 6.07) is 1.69. The lowest BCUT2D eigenvalue weighted by atomic mass is 10.3. The van der Waals surface area contributed by atoms with E-state index in [9.17, 15) is 4.79 Å². The van der Waals surface area contributed by atoms with Gasteiger partial charge in [-0.3, -0.25) is 4.79 Å². The number of carbonyl (C=O) groups excluding carboxylic acids is 1. The highest BCUT2D eigenvalue weighted by Gasteiger charge is 2.12. The molecule has 6 heteroatoms. The first-order valence-electron chi connectivity index (χ1n) is 6.09. The topological polar surface area (TPSA) is 58.1 Å². The largest absolute Gasteiger partial charge is 0.358 e. The Balaban J connectivity index is 2.93. The fraction of sp³-hybridized carbons (Fsp3) is 0.583. The Morgan fingerprint density at radius 1 is 1.44 bits per heavy atom. The molecule has 1 amide bonds. The number of nitrogens with one attached hydrogen (secondary N) is 1. The van der Waals surface area contributed by atoms with E-state index in [1.807, 2.05) is 11.8 Å². The standard InChI is InChI=1S/C12H19ClN4O/c1-4-6-10-15-9(13)7-11(16-10)17(5-2)8-12(18)14-3/h7H,4-6,8H2,1-3H3,(H,14,18). The minimum atomic E-state index is -0.0522. The maximum atomic E-state index is 11.4. The van der Waals surface area contributed by atoms with E-state index in [1.54, 1.807) is 13.1 Å². The van der Waals surface area contributed by atoms with Crippen LogP contribution in [-0.2, 0) is 11.2 Å². The molecule has 0 bridgehead atoms. The predicted molar refractivity (Wildman–Crippen MR) is 73.0 cm³/mol. The van der Waals surface area contributed by atoms with Crippen LogP contribution in [0.4, 0.5) is 5.82 Å². The van der Waals surface area contributed by atoms with E-state index in [1.165, 1.54) is 0 Å². The van der Waals surface area contributed by atoms with Crippen molar-refractivity contribution in [2.24, 2.45) is 0 Å². The van der Waals surface area contributed by atoms with Crippen molar-refractivity contribution >= 4 is 23.3 Å². The van der Waals surface area contributed by atoms with Crippen LogP contribution >= 0.6 is 11.6 Å². The van der Waals surface area contributed by atoms with Gasteiger partial charge in [0.2, 0.25) is 5.91 Å². The maximum absolute atomic E-state index is 11.4. The number of halogens is 1. The molecule has 0 aromatic carbocycles. The second-order valence-electron chi connectivity index (χ2n) is 3.90. The zero-order chi connectivity index (χ0) is 13.5. The molecule has 0 atom stereocenters. The van der Waals surface area contributed by atoms with Gasteiger partial charge in [0.25, 0.3) is 0 Å². The molecular weight excluding hydrogens is 252 g/mol. The molecule has 0 aliphatic carbocycles. The van der Waals surface area contributed by atoms with Crippen molar-refractivity contribution < 1.29 is 4.79 Å². The number of hydrogen-bond acceptors (Lipinski definition) is 4. The summed E-state index contributed by atoms with van der Waals surface area (Å²) >= 11 is 5.98. The SMILES string of the molecule is CCCc1nc(Cl)cc(N(CC)CC(=O)NC)n1. The van der Waals surface area contributed by atoms with Gasteiger partial charge in [-0.2, -0.15) is 0 Å². The molecular formula is C12H19ClN4O. The van der Waals surface area contributed by atoms with Crippen LogP contribution in [0.25, 0.3) is 0 Å². The molecule has 0 fully saturated rings. The molecule has 0 aliphatic heterocycles. The molecule has 1 rings (SSSR count). The fourth-order valence-corrected chi connectivity index (χ4v) is 1.75. The molecule has 5 nitrogen and oxygen atoms in total. The molecule has 0 spiro atoms. The van der Waals surface area contributed by atoms with Gasteiger partial charge < -0.3 is 10.2 Å². The number of hydrogen-bond donors (Lipinski definition) is 1. The fourth-order valence-electron chi connectivity index (χ4n) is 1.56. The second kappa shape index (κ2) is 7.16. The van der Waals surface area contributed by atoms with E-state index < -0.39 is 0 Å². The predicted octanol–water partition coefficient (Wildman–Crippen LogP) is 1.65. The molecule has 18 heavy (non-hydrogen) atoms. The van der Waals surface area contributed by atoms with E-state index in [0.717, 1.165) is 18.7 Å². The number of anilines is 1. The molecule has 1 heterocycles.